The van der Waals surface area contributed by atoms with Gasteiger partial charge < -0.3 is 10.2 Å². The number of hydrogen-bond donors (Lipinski definition) is 1. The van der Waals surface area contributed by atoms with Crippen LogP contribution in [0.3, 0.4) is 0 Å². The highest BCUT2D eigenvalue weighted by atomic mass is 32.2. The van der Waals surface area contributed by atoms with Crippen molar-refractivity contribution in [2.24, 2.45) is 5.92 Å². The molecule has 2 aliphatic rings. The lowest BCUT2D eigenvalue weighted by Gasteiger charge is -2.35. The molecule has 0 spiro atoms. The van der Waals surface area contributed by atoms with Gasteiger partial charge in [-0.25, -0.2) is 12.7 Å². The van der Waals surface area contributed by atoms with Crippen molar-refractivity contribution in [3.8, 4) is 0 Å². The average Bonchev–Trinajstić information content (AvgIpc) is 2.37. The Morgan fingerprint density at radius 2 is 2.11 bits per heavy atom. The zero-order valence-electron chi connectivity index (χ0n) is 11.0. The summed E-state index contributed by atoms with van der Waals surface area (Å²) in [5.41, 5.74) is 0. The van der Waals surface area contributed by atoms with Crippen molar-refractivity contribution >= 4 is 21.8 Å². The molecule has 0 aromatic heterocycles. The number of rotatable bonds is 2. The molecule has 2 aliphatic heterocycles. The van der Waals surface area contributed by atoms with E-state index >= 15 is 0 Å². The highest BCUT2D eigenvalue weighted by Crippen LogP contribution is 2.21. The second-order valence-electron chi connectivity index (χ2n) is 5.07. The molecule has 0 saturated carbocycles. The molecule has 1 atom stereocenters. The van der Waals surface area contributed by atoms with Gasteiger partial charge in [0.05, 0.1) is 18.7 Å². The van der Waals surface area contributed by atoms with Gasteiger partial charge in [-0.15, -0.1) is 0 Å². The fourth-order valence-corrected chi connectivity index (χ4v) is 3.44. The Bertz CT molecular complexity index is 476. The van der Waals surface area contributed by atoms with E-state index in [4.69, 9.17) is 0 Å². The minimum absolute atomic E-state index is 0.0776. The minimum Gasteiger partial charge on any atom is -0.353 e. The van der Waals surface area contributed by atoms with Gasteiger partial charge in [0.2, 0.25) is 21.8 Å². The lowest BCUT2D eigenvalue weighted by atomic mass is 9.98. The van der Waals surface area contributed by atoms with Crippen LogP contribution in [0.15, 0.2) is 0 Å². The molecule has 0 aromatic carbocycles. The lowest BCUT2D eigenvalue weighted by molar-refractivity contribution is -0.142. The summed E-state index contributed by atoms with van der Waals surface area (Å²) in [5.74, 6) is -0.590. The number of nitrogens with one attached hydrogen (secondary N) is 1. The largest absolute Gasteiger partial charge is 0.353 e. The van der Waals surface area contributed by atoms with Crippen molar-refractivity contribution in [1.82, 2.24) is 14.5 Å². The predicted molar refractivity (Wildman–Crippen MR) is 68.7 cm³/mol. The molecule has 0 bridgehead atoms. The quantitative estimate of drug-likeness (QED) is 0.678. The first-order chi connectivity index (χ1) is 8.88. The second kappa shape index (κ2) is 5.46. The van der Waals surface area contributed by atoms with Crippen LogP contribution in [0.2, 0.25) is 0 Å². The molecule has 0 aromatic rings. The number of nitrogens with zero attached hydrogens (tertiary/aromatic N) is 2. The summed E-state index contributed by atoms with van der Waals surface area (Å²) in [6.07, 6.45) is 2.53. The van der Waals surface area contributed by atoms with E-state index in [1.54, 1.807) is 0 Å². The topological polar surface area (TPSA) is 86.8 Å². The molecule has 0 unspecified atom stereocenters. The van der Waals surface area contributed by atoms with Crippen molar-refractivity contribution in [3.63, 3.8) is 0 Å². The average molecular weight is 289 g/mol. The van der Waals surface area contributed by atoms with Crippen LogP contribution in [0.25, 0.3) is 0 Å². The summed E-state index contributed by atoms with van der Waals surface area (Å²) >= 11 is 0. The summed E-state index contributed by atoms with van der Waals surface area (Å²) in [7, 11) is -3.25. The van der Waals surface area contributed by atoms with Crippen molar-refractivity contribution < 1.29 is 18.0 Å². The fourth-order valence-electron chi connectivity index (χ4n) is 2.53. The number of amides is 2. The van der Waals surface area contributed by atoms with E-state index in [0.717, 1.165) is 6.26 Å². The Labute approximate surface area is 113 Å². The molecule has 2 rings (SSSR count). The van der Waals surface area contributed by atoms with Crippen LogP contribution < -0.4 is 5.32 Å². The monoisotopic (exact) mass is 289 g/mol. The van der Waals surface area contributed by atoms with Gasteiger partial charge in [0.15, 0.2) is 0 Å². The standard InChI is InChI=1S/C11H19N3O4S/c1-19(17,18)14-5-2-3-9(7-14)11(16)13-6-4-12-10(15)8-13/h9H,2-8H2,1H3,(H,12,15)/t9-/m0/s1. The fraction of sp³-hybridized carbons (Fsp3) is 0.818. The first-order valence-corrected chi connectivity index (χ1v) is 8.23. The van der Waals surface area contributed by atoms with E-state index in [-0.39, 0.29) is 30.8 Å². The molecule has 19 heavy (non-hydrogen) atoms. The number of piperazine rings is 1. The van der Waals surface area contributed by atoms with Gasteiger partial charge in [-0.2, -0.15) is 0 Å². The summed E-state index contributed by atoms with van der Waals surface area (Å²) < 4.78 is 24.4. The predicted octanol–water partition coefficient (Wildman–Crippen LogP) is -1.38. The zero-order chi connectivity index (χ0) is 14.0. The van der Waals surface area contributed by atoms with Gasteiger partial charge in [-0.05, 0) is 12.8 Å². The van der Waals surface area contributed by atoms with Crippen LogP contribution in [0.1, 0.15) is 12.8 Å². The first-order valence-electron chi connectivity index (χ1n) is 6.38. The number of carbonyl (C=O) groups excluding carboxylic acids is 2. The van der Waals surface area contributed by atoms with E-state index in [9.17, 15) is 18.0 Å². The number of piperidine rings is 1. The molecule has 7 nitrogen and oxygen atoms in total. The molecule has 2 heterocycles. The Balaban J connectivity index is 2.01. The molecular weight excluding hydrogens is 270 g/mol. The Morgan fingerprint density at radius 3 is 2.74 bits per heavy atom. The maximum atomic E-state index is 12.3. The molecule has 2 saturated heterocycles. The number of carbonyl (C=O) groups is 2. The second-order valence-corrected chi connectivity index (χ2v) is 7.05. The van der Waals surface area contributed by atoms with Gasteiger partial charge in [0, 0.05) is 26.2 Å². The Hall–Kier alpha value is -1.15. The summed E-state index contributed by atoms with van der Waals surface area (Å²) in [4.78, 5) is 25.1. The van der Waals surface area contributed by atoms with Gasteiger partial charge in [0.25, 0.3) is 0 Å². The minimum atomic E-state index is -3.25. The van der Waals surface area contributed by atoms with Crippen molar-refractivity contribution in [3.05, 3.63) is 0 Å². The molecular formula is C11H19N3O4S. The number of hydrogen-bond acceptors (Lipinski definition) is 4. The third-order valence-electron chi connectivity index (χ3n) is 3.55. The molecule has 2 amide bonds. The van der Waals surface area contributed by atoms with Gasteiger partial charge >= 0.3 is 0 Å². The Morgan fingerprint density at radius 1 is 1.37 bits per heavy atom. The van der Waals surface area contributed by atoms with Crippen LogP contribution in [-0.4, -0.2) is 68.4 Å². The summed E-state index contributed by atoms with van der Waals surface area (Å²) in [6, 6.07) is 0. The van der Waals surface area contributed by atoms with Crippen LogP contribution >= 0.6 is 0 Å². The van der Waals surface area contributed by atoms with Crippen LogP contribution in [0.5, 0.6) is 0 Å². The van der Waals surface area contributed by atoms with E-state index in [2.05, 4.69) is 5.32 Å². The smallest absolute Gasteiger partial charge is 0.239 e. The van der Waals surface area contributed by atoms with Gasteiger partial charge in [-0.3, -0.25) is 9.59 Å². The van der Waals surface area contributed by atoms with Gasteiger partial charge in [-0.1, -0.05) is 0 Å². The normalized spacial score (nSPS) is 26.1. The molecule has 2 fully saturated rings. The van der Waals surface area contributed by atoms with Gasteiger partial charge in [0.1, 0.15) is 0 Å². The third kappa shape index (κ3) is 3.44. The molecule has 8 heteroatoms. The van der Waals surface area contributed by atoms with Crippen molar-refractivity contribution in [1.29, 1.82) is 0 Å². The maximum Gasteiger partial charge on any atom is 0.239 e. The SMILES string of the molecule is CS(=O)(=O)N1CCC[C@H](C(=O)N2CCNC(=O)C2)C1. The van der Waals surface area contributed by atoms with E-state index in [1.807, 2.05) is 0 Å². The number of sulfonamides is 1. The van der Waals surface area contributed by atoms with Crippen molar-refractivity contribution in [2.75, 3.05) is 39.0 Å². The summed E-state index contributed by atoms with van der Waals surface area (Å²) in [5, 5.41) is 2.66. The molecule has 1 N–H and O–H groups in total. The lowest BCUT2D eigenvalue weighted by Crippen LogP contribution is -2.53. The van der Waals surface area contributed by atoms with Crippen LogP contribution in [0.4, 0.5) is 0 Å². The maximum absolute atomic E-state index is 12.3. The molecule has 0 radical (unpaired) electrons. The highest BCUT2D eigenvalue weighted by molar-refractivity contribution is 7.88. The van der Waals surface area contributed by atoms with Crippen molar-refractivity contribution in [2.45, 2.75) is 12.8 Å². The van der Waals surface area contributed by atoms with E-state index < -0.39 is 10.0 Å². The van der Waals surface area contributed by atoms with Crippen LogP contribution in [-0.2, 0) is 19.6 Å². The van der Waals surface area contributed by atoms with Crippen LogP contribution in [0, 0.1) is 5.92 Å². The Kier molecular flexibility index (Phi) is 4.10. The first kappa shape index (κ1) is 14.3. The zero-order valence-corrected chi connectivity index (χ0v) is 11.8. The van der Waals surface area contributed by atoms with E-state index in [0.29, 0.717) is 32.5 Å². The molecule has 0 aliphatic carbocycles. The van der Waals surface area contributed by atoms with E-state index in [1.165, 1.54) is 9.21 Å². The molecule has 108 valence electrons. The summed E-state index contributed by atoms with van der Waals surface area (Å²) in [6.45, 7) is 1.75. The highest BCUT2D eigenvalue weighted by Gasteiger charge is 2.33. The third-order valence-corrected chi connectivity index (χ3v) is 4.82.